The largest absolute Gasteiger partial charge is 0.545 e. The molecule has 0 atom stereocenters. The number of aromatic carboxylic acids is 2. The highest BCUT2D eigenvalue weighted by Crippen LogP contribution is 2.72. The molecule has 0 fully saturated rings. The van der Waals surface area contributed by atoms with Crippen molar-refractivity contribution in [2.75, 3.05) is 37.0 Å². The number of rotatable bonds is 43. The van der Waals surface area contributed by atoms with E-state index in [1.54, 1.807) is 37.0 Å². The quantitative estimate of drug-likeness (QED) is 0.0391. The van der Waals surface area contributed by atoms with Crippen LogP contribution < -0.4 is 10.2 Å². The fourth-order valence-electron chi connectivity index (χ4n) is 10.4. The van der Waals surface area contributed by atoms with Crippen LogP contribution in [0.2, 0.25) is 0 Å². The zero-order valence-electron chi connectivity index (χ0n) is 48.3. The van der Waals surface area contributed by atoms with Crippen LogP contribution >= 0.6 is 14.5 Å². The molecule has 0 unspecified atom stereocenters. The van der Waals surface area contributed by atoms with E-state index < -0.39 is 52.6 Å². The summed E-state index contributed by atoms with van der Waals surface area (Å²) in [4.78, 5) is 20.1. The molecule has 70 heavy (non-hydrogen) atoms. The van der Waals surface area contributed by atoms with Gasteiger partial charge in [-0.15, -0.1) is 0 Å². The first kappa shape index (κ1) is 71.0. The van der Waals surface area contributed by atoms with Crippen LogP contribution in [0.1, 0.15) is 309 Å². The van der Waals surface area contributed by atoms with Gasteiger partial charge in [-0.05, 0) is 121 Å². The maximum atomic E-state index is 10.7. The summed E-state index contributed by atoms with van der Waals surface area (Å²) in [5.41, 5.74) is -1.37. The molecule has 0 heterocycles. The highest BCUT2D eigenvalue weighted by molar-refractivity contribution is 7.85. The molecule has 0 radical (unpaired) electrons. The van der Waals surface area contributed by atoms with Crippen molar-refractivity contribution >= 4 is 36.6 Å². The number of benzene rings is 1. The van der Waals surface area contributed by atoms with Crippen LogP contribution in [0.3, 0.4) is 0 Å². The number of hydrogen-bond donors (Lipinski definition) is 1. The van der Waals surface area contributed by atoms with E-state index in [1.165, 1.54) is 205 Å². The molecule has 0 aliphatic carbocycles. The van der Waals surface area contributed by atoms with E-state index in [2.05, 4.69) is 83.1 Å². The fourth-order valence-corrected chi connectivity index (χ4v) is 22.8. The maximum absolute atomic E-state index is 10.7. The molecule has 0 aliphatic heterocycles. The van der Waals surface area contributed by atoms with Gasteiger partial charge in [0.1, 0.15) is 0 Å². The minimum Gasteiger partial charge on any atom is -0.545 e. The molecule has 0 spiro atoms. The smallest absolute Gasteiger partial charge is 0.294 e. The molecular weight excluding hydrogens is 927 g/mol. The van der Waals surface area contributed by atoms with Crippen molar-refractivity contribution in [1.82, 2.24) is 0 Å². The lowest BCUT2D eigenvalue weighted by atomic mass is 10.0. The third kappa shape index (κ3) is 31.0. The zero-order chi connectivity index (χ0) is 53.4. The molecule has 0 amide bonds. The first-order valence-electron chi connectivity index (χ1n) is 29.5. The molecule has 1 aromatic carbocycles. The van der Waals surface area contributed by atoms with E-state index in [-0.39, 0.29) is 0 Å². The molecule has 1 aromatic rings. The first-order chi connectivity index (χ1) is 33.2. The van der Waals surface area contributed by atoms with Gasteiger partial charge in [-0.1, -0.05) is 197 Å². The predicted molar refractivity (Wildman–Crippen MR) is 309 cm³/mol. The number of unbranched alkanes of at least 4 members (excludes halogenated alkanes) is 22. The van der Waals surface area contributed by atoms with Crippen molar-refractivity contribution in [3.05, 3.63) is 29.3 Å². The molecule has 414 valence electrons. The number of carboxylic acids is 2. The maximum Gasteiger partial charge on any atom is 0.294 e. The van der Waals surface area contributed by atoms with Crippen molar-refractivity contribution in [3.63, 3.8) is 0 Å². The van der Waals surface area contributed by atoms with Gasteiger partial charge >= 0.3 is 0 Å². The Morgan fingerprint density at radius 3 is 0.814 bits per heavy atom. The van der Waals surface area contributed by atoms with Gasteiger partial charge in [0.25, 0.3) is 10.1 Å². The summed E-state index contributed by atoms with van der Waals surface area (Å²) in [6.45, 7) is 29.7. The van der Waals surface area contributed by atoms with Crippen LogP contribution in [0.4, 0.5) is 0 Å². The van der Waals surface area contributed by atoms with Gasteiger partial charge in [-0.25, -0.2) is 0 Å². The molecule has 0 bridgehead atoms. The lowest BCUT2D eigenvalue weighted by Gasteiger charge is -2.42. The summed E-state index contributed by atoms with van der Waals surface area (Å²) in [5.74, 6) is -3.54. The summed E-state index contributed by atoms with van der Waals surface area (Å²) >= 11 is 0. The van der Waals surface area contributed by atoms with Crippen molar-refractivity contribution in [1.29, 1.82) is 0 Å². The Hall–Kier alpha value is -1.07. The summed E-state index contributed by atoms with van der Waals surface area (Å²) in [7, 11) is -6.34. The van der Waals surface area contributed by atoms with E-state index in [4.69, 9.17) is 4.55 Å². The molecule has 0 saturated carbocycles. The average molecular weight is 1040 g/mol. The zero-order valence-corrected chi connectivity index (χ0v) is 50.9. The van der Waals surface area contributed by atoms with Crippen molar-refractivity contribution in [2.24, 2.45) is 0 Å². The molecule has 1 rings (SSSR count). The normalized spacial score (nSPS) is 12.3. The van der Waals surface area contributed by atoms with Crippen LogP contribution in [0.25, 0.3) is 0 Å². The molecule has 0 saturated heterocycles. The topological polar surface area (TPSA) is 135 Å². The van der Waals surface area contributed by atoms with Crippen LogP contribution in [-0.4, -0.2) is 72.2 Å². The third-order valence-corrected chi connectivity index (χ3v) is 29.1. The second kappa shape index (κ2) is 42.2. The van der Waals surface area contributed by atoms with E-state index >= 15 is 0 Å². The van der Waals surface area contributed by atoms with Gasteiger partial charge in [0.2, 0.25) is 0 Å². The van der Waals surface area contributed by atoms with E-state index in [1.807, 2.05) is 0 Å². The Morgan fingerprint density at radius 1 is 0.400 bits per heavy atom. The predicted octanol–water partition coefficient (Wildman–Crippen LogP) is 17.9. The summed E-state index contributed by atoms with van der Waals surface area (Å²) in [6.07, 6.45) is 55.9. The number of carbonyl (C=O) groups excluding carboxylic acids is 2. The van der Waals surface area contributed by atoms with Crippen molar-refractivity contribution < 1.29 is 32.8 Å². The minimum absolute atomic E-state index is 0.580. The number of carbonyl (C=O) groups is 2. The van der Waals surface area contributed by atoms with E-state index in [9.17, 15) is 28.2 Å². The molecular formula is C60H116O7P2S. The molecule has 7 nitrogen and oxygen atoms in total. The van der Waals surface area contributed by atoms with Crippen molar-refractivity contribution in [3.8, 4) is 0 Å². The highest BCUT2D eigenvalue weighted by Gasteiger charge is 2.50. The van der Waals surface area contributed by atoms with Gasteiger partial charge in [0.05, 0.1) is 64.1 Å². The van der Waals surface area contributed by atoms with Crippen LogP contribution in [-0.2, 0) is 10.1 Å². The van der Waals surface area contributed by atoms with Gasteiger partial charge < -0.3 is 19.8 Å². The average Bonchev–Trinajstić information content (AvgIpc) is 3.32. The second-order valence-corrected chi connectivity index (χ2v) is 33.4. The third-order valence-electron chi connectivity index (χ3n) is 15.7. The van der Waals surface area contributed by atoms with Crippen LogP contribution in [0.15, 0.2) is 23.1 Å². The first-order valence-corrected chi connectivity index (χ1v) is 35.6. The highest BCUT2D eigenvalue weighted by atomic mass is 32.2. The Balaban J connectivity index is 0. The van der Waals surface area contributed by atoms with Gasteiger partial charge in [-0.3, -0.25) is 4.55 Å². The Kier molecular flexibility index (Phi) is 42.8. The SMILES string of the molecule is CCCCCCCCCCCC(C)(C)[P+](CCCC)(CCCC)CCCC.CCCCCCCCCCCC(C)(C)[P+](CCCC)(CCCC)CCCC.O=C([O-])c1cc(C(=O)[O-])cc(S(=O)(=O)O)c1. The van der Waals surface area contributed by atoms with E-state index in [0.717, 1.165) is 0 Å². The Morgan fingerprint density at radius 2 is 0.614 bits per heavy atom. The van der Waals surface area contributed by atoms with Crippen molar-refractivity contribution in [2.45, 2.75) is 304 Å². The molecule has 0 aromatic heterocycles. The minimum atomic E-state index is -4.70. The van der Waals surface area contributed by atoms with Gasteiger partial charge in [-0.2, -0.15) is 8.42 Å². The lowest BCUT2D eigenvalue weighted by Crippen LogP contribution is -2.31. The summed E-state index contributed by atoms with van der Waals surface area (Å²) < 4.78 is 30.1. The molecule has 10 heteroatoms. The lowest BCUT2D eigenvalue weighted by molar-refractivity contribution is -0.255. The van der Waals surface area contributed by atoms with Gasteiger partial charge in [0, 0.05) is 14.5 Å². The van der Waals surface area contributed by atoms with Crippen LogP contribution in [0, 0.1) is 0 Å². The molecule has 0 aliphatic rings. The summed E-state index contributed by atoms with van der Waals surface area (Å²) in [5, 5.41) is 22.1. The molecule has 1 N–H and O–H groups in total. The Labute approximate surface area is 437 Å². The Bertz CT molecular complexity index is 1410. The second-order valence-electron chi connectivity index (χ2n) is 22.3. The van der Waals surface area contributed by atoms with Crippen LogP contribution in [0.5, 0.6) is 0 Å². The summed E-state index contributed by atoms with van der Waals surface area (Å²) in [6, 6.07) is 1.83. The number of carboxylic acid groups (broad SMARTS) is 2. The number of hydrogen-bond acceptors (Lipinski definition) is 6. The monoisotopic (exact) mass is 1040 g/mol. The van der Waals surface area contributed by atoms with Gasteiger partial charge in [0.15, 0.2) is 0 Å². The van der Waals surface area contributed by atoms with E-state index in [0.29, 0.717) is 28.5 Å². The fraction of sp³-hybridized carbons (Fsp3) is 0.867. The standard InChI is InChI=1S/2C26H56P.C8H6O7S/c2*1-7-11-15-16-17-18-19-20-21-22-26(5,6)27(23-12-8-2,24-13-9-3)25-14-10-4;9-7(10)4-1-5(8(11)12)3-6(2-4)16(13,14)15/h2*7-25H2,1-6H3;1-3H,(H,9,10)(H,11,12)(H,13,14,15)/q2*+1;/p-2.